The van der Waals surface area contributed by atoms with Crippen molar-refractivity contribution in [1.82, 2.24) is 9.97 Å². The molecule has 3 rings (SSSR count). The van der Waals surface area contributed by atoms with Gasteiger partial charge in [0.25, 0.3) is 0 Å². The number of benzene rings is 1. The zero-order chi connectivity index (χ0) is 13.1. The first-order valence-electron chi connectivity index (χ1n) is 5.99. The van der Waals surface area contributed by atoms with Crippen LogP contribution in [0.25, 0.3) is 10.9 Å². The van der Waals surface area contributed by atoms with Crippen molar-refractivity contribution in [2.75, 3.05) is 5.73 Å². The molecule has 4 nitrogen and oxygen atoms in total. The first-order valence-corrected chi connectivity index (χ1v) is 5.99. The Bertz CT molecular complexity index is 698. The fourth-order valence-electron chi connectivity index (χ4n) is 1.93. The molecule has 0 atom stereocenters. The van der Waals surface area contributed by atoms with Gasteiger partial charge in [0.2, 0.25) is 0 Å². The van der Waals surface area contributed by atoms with Crippen LogP contribution >= 0.6 is 0 Å². The van der Waals surface area contributed by atoms with E-state index in [4.69, 9.17) is 10.5 Å². The summed E-state index contributed by atoms with van der Waals surface area (Å²) < 4.78 is 5.81. The second-order valence-electron chi connectivity index (χ2n) is 4.20. The van der Waals surface area contributed by atoms with Gasteiger partial charge in [-0.3, -0.25) is 9.97 Å². The smallest absolute Gasteiger partial charge is 0.146 e. The molecule has 0 spiro atoms. The quantitative estimate of drug-likeness (QED) is 0.727. The minimum absolute atomic E-state index is 0.484. The SMILES string of the molecule is Nc1ccc(OCc2ccncc2)c2ncccc12. The molecule has 4 heteroatoms. The van der Waals surface area contributed by atoms with Crippen LogP contribution in [0.15, 0.2) is 55.0 Å². The van der Waals surface area contributed by atoms with Gasteiger partial charge in [-0.15, -0.1) is 0 Å². The van der Waals surface area contributed by atoms with E-state index in [1.807, 2.05) is 36.4 Å². The molecule has 0 unspecified atom stereocenters. The molecule has 0 saturated heterocycles. The number of ether oxygens (including phenoxy) is 1. The molecular weight excluding hydrogens is 238 g/mol. The molecule has 1 aromatic carbocycles. The Morgan fingerprint density at radius 1 is 1.00 bits per heavy atom. The lowest BCUT2D eigenvalue weighted by Gasteiger charge is -2.09. The van der Waals surface area contributed by atoms with Gasteiger partial charge in [-0.25, -0.2) is 0 Å². The number of rotatable bonds is 3. The number of hydrogen-bond donors (Lipinski definition) is 1. The number of anilines is 1. The Labute approximate surface area is 110 Å². The monoisotopic (exact) mass is 251 g/mol. The van der Waals surface area contributed by atoms with Gasteiger partial charge in [0.15, 0.2) is 0 Å². The van der Waals surface area contributed by atoms with Crippen molar-refractivity contribution < 1.29 is 4.74 Å². The number of nitrogens with two attached hydrogens (primary N) is 1. The van der Waals surface area contributed by atoms with Gasteiger partial charge in [0.1, 0.15) is 17.9 Å². The van der Waals surface area contributed by atoms with E-state index in [9.17, 15) is 0 Å². The first kappa shape index (κ1) is 11.5. The molecule has 94 valence electrons. The fourth-order valence-corrected chi connectivity index (χ4v) is 1.93. The Balaban J connectivity index is 1.91. The van der Waals surface area contributed by atoms with Crippen LogP contribution < -0.4 is 10.5 Å². The summed E-state index contributed by atoms with van der Waals surface area (Å²) >= 11 is 0. The Kier molecular flexibility index (Phi) is 2.98. The highest BCUT2D eigenvalue weighted by Gasteiger charge is 2.06. The molecule has 0 amide bonds. The summed E-state index contributed by atoms with van der Waals surface area (Å²) in [5.41, 5.74) is 8.49. The minimum atomic E-state index is 0.484. The number of aromatic nitrogens is 2. The van der Waals surface area contributed by atoms with Crippen molar-refractivity contribution in [3.8, 4) is 5.75 Å². The van der Waals surface area contributed by atoms with Gasteiger partial charge >= 0.3 is 0 Å². The molecule has 0 aliphatic carbocycles. The number of fused-ring (bicyclic) bond motifs is 1. The fraction of sp³-hybridized carbons (Fsp3) is 0.0667. The molecule has 19 heavy (non-hydrogen) atoms. The van der Waals surface area contributed by atoms with Crippen molar-refractivity contribution in [3.63, 3.8) is 0 Å². The van der Waals surface area contributed by atoms with Crippen LogP contribution in [0.5, 0.6) is 5.75 Å². The summed E-state index contributed by atoms with van der Waals surface area (Å²) in [7, 11) is 0. The van der Waals surface area contributed by atoms with Gasteiger partial charge in [-0.2, -0.15) is 0 Å². The molecule has 0 fully saturated rings. The second-order valence-corrected chi connectivity index (χ2v) is 4.20. The maximum absolute atomic E-state index is 5.93. The largest absolute Gasteiger partial charge is 0.487 e. The van der Waals surface area contributed by atoms with Crippen molar-refractivity contribution >= 4 is 16.6 Å². The van der Waals surface area contributed by atoms with Crippen LogP contribution in [0.4, 0.5) is 5.69 Å². The van der Waals surface area contributed by atoms with Crippen molar-refractivity contribution in [2.24, 2.45) is 0 Å². The molecule has 0 aliphatic rings. The molecule has 0 saturated carbocycles. The molecular formula is C15H13N3O. The Hall–Kier alpha value is -2.62. The molecule has 0 radical (unpaired) electrons. The van der Waals surface area contributed by atoms with E-state index in [0.29, 0.717) is 12.3 Å². The third-order valence-electron chi connectivity index (χ3n) is 2.91. The Morgan fingerprint density at radius 2 is 1.84 bits per heavy atom. The van der Waals surface area contributed by atoms with E-state index in [2.05, 4.69) is 9.97 Å². The highest BCUT2D eigenvalue weighted by atomic mass is 16.5. The molecule has 0 bridgehead atoms. The second kappa shape index (κ2) is 4.94. The van der Waals surface area contributed by atoms with E-state index in [0.717, 1.165) is 22.2 Å². The van der Waals surface area contributed by atoms with E-state index >= 15 is 0 Å². The predicted molar refractivity (Wildman–Crippen MR) is 74.7 cm³/mol. The molecule has 2 aromatic heterocycles. The maximum Gasteiger partial charge on any atom is 0.146 e. The van der Waals surface area contributed by atoms with Gasteiger partial charge in [0, 0.05) is 29.7 Å². The van der Waals surface area contributed by atoms with Gasteiger partial charge in [-0.05, 0) is 42.0 Å². The zero-order valence-corrected chi connectivity index (χ0v) is 10.3. The summed E-state index contributed by atoms with van der Waals surface area (Å²) in [6, 6.07) is 11.3. The van der Waals surface area contributed by atoms with E-state index in [1.165, 1.54) is 0 Å². The third kappa shape index (κ3) is 2.33. The van der Waals surface area contributed by atoms with Crippen LogP contribution in [0.2, 0.25) is 0 Å². The van der Waals surface area contributed by atoms with Crippen LogP contribution in [-0.4, -0.2) is 9.97 Å². The Morgan fingerprint density at radius 3 is 2.68 bits per heavy atom. The summed E-state index contributed by atoms with van der Waals surface area (Å²) in [6.45, 7) is 0.484. The lowest BCUT2D eigenvalue weighted by molar-refractivity contribution is 0.309. The van der Waals surface area contributed by atoms with Crippen LogP contribution in [-0.2, 0) is 6.61 Å². The topological polar surface area (TPSA) is 61.0 Å². The van der Waals surface area contributed by atoms with Crippen LogP contribution in [0.3, 0.4) is 0 Å². The molecule has 0 aliphatic heterocycles. The van der Waals surface area contributed by atoms with E-state index in [1.54, 1.807) is 18.6 Å². The average molecular weight is 251 g/mol. The maximum atomic E-state index is 5.93. The minimum Gasteiger partial charge on any atom is -0.487 e. The zero-order valence-electron chi connectivity index (χ0n) is 10.3. The van der Waals surface area contributed by atoms with Gasteiger partial charge in [0.05, 0.1) is 0 Å². The third-order valence-corrected chi connectivity index (χ3v) is 2.91. The standard InChI is InChI=1S/C15H13N3O/c16-13-3-4-14(15-12(13)2-1-7-18-15)19-10-11-5-8-17-9-6-11/h1-9H,10,16H2. The number of pyridine rings is 2. The van der Waals surface area contributed by atoms with Gasteiger partial charge in [-0.1, -0.05) is 0 Å². The number of nitrogen functional groups attached to an aromatic ring is 1. The summed E-state index contributed by atoms with van der Waals surface area (Å²) in [5.74, 6) is 0.738. The highest BCUT2D eigenvalue weighted by molar-refractivity contribution is 5.94. The molecule has 2 heterocycles. The van der Waals surface area contributed by atoms with Crippen LogP contribution in [0.1, 0.15) is 5.56 Å². The number of nitrogens with zero attached hydrogens (tertiary/aromatic N) is 2. The molecule has 3 aromatic rings. The first-order chi connectivity index (χ1) is 9.34. The van der Waals surface area contributed by atoms with E-state index < -0.39 is 0 Å². The summed E-state index contributed by atoms with van der Waals surface area (Å²) in [4.78, 5) is 8.31. The highest BCUT2D eigenvalue weighted by Crippen LogP contribution is 2.28. The lowest BCUT2D eigenvalue weighted by Crippen LogP contribution is -1.98. The van der Waals surface area contributed by atoms with Crippen LogP contribution in [0, 0.1) is 0 Å². The van der Waals surface area contributed by atoms with Crippen molar-refractivity contribution in [1.29, 1.82) is 0 Å². The van der Waals surface area contributed by atoms with Crippen molar-refractivity contribution in [3.05, 3.63) is 60.6 Å². The number of hydrogen-bond acceptors (Lipinski definition) is 4. The molecule has 2 N–H and O–H groups in total. The van der Waals surface area contributed by atoms with E-state index in [-0.39, 0.29) is 0 Å². The average Bonchev–Trinajstić information content (AvgIpc) is 2.48. The lowest BCUT2D eigenvalue weighted by atomic mass is 10.1. The normalized spacial score (nSPS) is 10.5. The summed E-state index contributed by atoms with van der Waals surface area (Å²) in [6.07, 6.45) is 5.23. The predicted octanol–water partition coefficient (Wildman–Crippen LogP) is 2.79. The van der Waals surface area contributed by atoms with Crippen molar-refractivity contribution in [2.45, 2.75) is 6.61 Å². The van der Waals surface area contributed by atoms with Gasteiger partial charge < -0.3 is 10.5 Å². The summed E-state index contributed by atoms with van der Waals surface area (Å²) in [5, 5.41) is 0.912.